The van der Waals surface area contributed by atoms with Gasteiger partial charge in [-0.3, -0.25) is 4.79 Å². The zero-order valence-corrected chi connectivity index (χ0v) is 7.41. The summed E-state index contributed by atoms with van der Waals surface area (Å²) in [5, 5.41) is 1.87. The summed E-state index contributed by atoms with van der Waals surface area (Å²) in [6, 6.07) is 0. The fourth-order valence-corrected chi connectivity index (χ4v) is 0.990. The Balaban J connectivity index is 3.36. The maximum absolute atomic E-state index is 10.8. The Hall–Kier alpha value is -0.240. The predicted molar refractivity (Wildman–Crippen MR) is 47.2 cm³/mol. The van der Waals surface area contributed by atoms with E-state index in [4.69, 9.17) is 0 Å². The van der Waals surface area contributed by atoms with Crippen LogP contribution in [0.2, 0.25) is 0 Å². The highest BCUT2D eigenvalue weighted by Crippen LogP contribution is 2.01. The van der Waals surface area contributed by atoms with Crippen molar-refractivity contribution < 1.29 is 4.79 Å². The summed E-state index contributed by atoms with van der Waals surface area (Å²) >= 11 is 1.66. The number of carbonyl (C=O) groups is 1. The van der Waals surface area contributed by atoms with Gasteiger partial charge in [-0.1, -0.05) is 13.8 Å². The zero-order chi connectivity index (χ0) is 7.82. The van der Waals surface area contributed by atoms with Gasteiger partial charge in [0.25, 0.3) is 0 Å². The van der Waals surface area contributed by atoms with Crippen molar-refractivity contribution in [1.29, 1.82) is 0 Å². The molecule has 0 aromatic carbocycles. The Bertz CT molecular complexity index is 118. The number of carbonyl (C=O) groups excluding carboxylic acids is 1. The van der Waals surface area contributed by atoms with Gasteiger partial charge in [0, 0.05) is 6.42 Å². The van der Waals surface area contributed by atoms with Crippen molar-refractivity contribution in [2.45, 2.75) is 26.7 Å². The average Bonchev–Trinajstić information content (AvgIpc) is 1.89. The SMILES string of the molecule is CCCC(=O)/C=C/SCC. The summed E-state index contributed by atoms with van der Waals surface area (Å²) in [4.78, 5) is 10.8. The maximum Gasteiger partial charge on any atom is 0.156 e. The van der Waals surface area contributed by atoms with Gasteiger partial charge in [-0.15, -0.1) is 11.8 Å². The van der Waals surface area contributed by atoms with Crippen molar-refractivity contribution >= 4 is 17.5 Å². The molecule has 58 valence electrons. The summed E-state index contributed by atoms with van der Waals surface area (Å²) in [6.07, 6.45) is 3.29. The van der Waals surface area contributed by atoms with Crippen LogP contribution >= 0.6 is 11.8 Å². The first-order valence-electron chi connectivity index (χ1n) is 3.62. The normalized spacial score (nSPS) is 10.6. The third-order valence-electron chi connectivity index (χ3n) is 1.01. The summed E-state index contributed by atoms with van der Waals surface area (Å²) < 4.78 is 0. The molecule has 10 heavy (non-hydrogen) atoms. The van der Waals surface area contributed by atoms with Gasteiger partial charge in [-0.25, -0.2) is 0 Å². The Labute approximate surface area is 66.9 Å². The van der Waals surface area contributed by atoms with Gasteiger partial charge in [-0.2, -0.15) is 0 Å². The molecule has 0 aliphatic carbocycles. The van der Waals surface area contributed by atoms with Gasteiger partial charge in [0.05, 0.1) is 0 Å². The van der Waals surface area contributed by atoms with E-state index in [0.717, 1.165) is 12.2 Å². The molecule has 0 aliphatic rings. The molecule has 0 saturated carbocycles. The van der Waals surface area contributed by atoms with Crippen LogP contribution in [0.3, 0.4) is 0 Å². The molecule has 0 rings (SSSR count). The highest BCUT2D eigenvalue weighted by atomic mass is 32.2. The Morgan fingerprint density at radius 1 is 1.50 bits per heavy atom. The molecule has 0 aliphatic heterocycles. The molecule has 0 fully saturated rings. The van der Waals surface area contributed by atoms with E-state index >= 15 is 0 Å². The van der Waals surface area contributed by atoms with E-state index in [1.807, 2.05) is 12.3 Å². The zero-order valence-electron chi connectivity index (χ0n) is 6.59. The van der Waals surface area contributed by atoms with Crippen molar-refractivity contribution in [2.24, 2.45) is 0 Å². The van der Waals surface area contributed by atoms with Crippen molar-refractivity contribution in [3.63, 3.8) is 0 Å². The van der Waals surface area contributed by atoms with Gasteiger partial charge in [0.1, 0.15) is 0 Å². The molecule has 0 radical (unpaired) electrons. The molecule has 0 atom stereocenters. The molecular weight excluding hydrogens is 144 g/mol. The van der Waals surface area contributed by atoms with E-state index in [2.05, 4.69) is 6.92 Å². The van der Waals surface area contributed by atoms with Crippen LogP contribution < -0.4 is 0 Å². The van der Waals surface area contributed by atoms with Crippen LogP contribution in [0.25, 0.3) is 0 Å². The second kappa shape index (κ2) is 6.87. The third kappa shape index (κ3) is 5.89. The van der Waals surface area contributed by atoms with Gasteiger partial charge in [0.2, 0.25) is 0 Å². The lowest BCUT2D eigenvalue weighted by Crippen LogP contribution is -1.88. The molecule has 0 aromatic rings. The molecule has 0 amide bonds. The largest absolute Gasteiger partial charge is 0.295 e. The monoisotopic (exact) mass is 158 g/mol. The van der Waals surface area contributed by atoms with E-state index in [9.17, 15) is 4.79 Å². The smallest absolute Gasteiger partial charge is 0.156 e. The quantitative estimate of drug-likeness (QED) is 0.572. The minimum Gasteiger partial charge on any atom is -0.295 e. The Morgan fingerprint density at radius 2 is 2.20 bits per heavy atom. The van der Waals surface area contributed by atoms with Gasteiger partial charge < -0.3 is 0 Å². The van der Waals surface area contributed by atoms with Crippen LogP contribution in [-0.2, 0) is 4.79 Å². The predicted octanol–water partition coefficient (Wildman–Crippen LogP) is 2.62. The van der Waals surface area contributed by atoms with E-state index in [0.29, 0.717) is 6.42 Å². The summed E-state index contributed by atoms with van der Waals surface area (Å²) in [5.74, 6) is 1.28. The molecule has 0 saturated heterocycles. The van der Waals surface area contributed by atoms with E-state index in [-0.39, 0.29) is 5.78 Å². The number of allylic oxidation sites excluding steroid dienone is 1. The number of rotatable bonds is 5. The number of ketones is 1. The lowest BCUT2D eigenvalue weighted by molar-refractivity contribution is -0.114. The second-order valence-electron chi connectivity index (χ2n) is 1.97. The molecule has 1 nitrogen and oxygen atoms in total. The van der Waals surface area contributed by atoms with Crippen molar-refractivity contribution in [2.75, 3.05) is 5.75 Å². The highest BCUT2D eigenvalue weighted by Gasteiger charge is 1.90. The lowest BCUT2D eigenvalue weighted by atomic mass is 10.2. The molecule has 0 spiro atoms. The molecule has 2 heteroatoms. The van der Waals surface area contributed by atoms with Crippen LogP contribution in [0.5, 0.6) is 0 Å². The maximum atomic E-state index is 10.8. The van der Waals surface area contributed by atoms with Gasteiger partial charge >= 0.3 is 0 Å². The second-order valence-corrected chi connectivity index (χ2v) is 3.16. The fourth-order valence-electron chi connectivity index (χ4n) is 0.550. The highest BCUT2D eigenvalue weighted by molar-refractivity contribution is 8.02. The van der Waals surface area contributed by atoms with Crippen LogP contribution in [0.1, 0.15) is 26.7 Å². The standard InChI is InChI=1S/C8H14OS/c1-3-5-8(9)6-7-10-4-2/h6-7H,3-5H2,1-2H3/b7-6+. The fraction of sp³-hybridized carbons (Fsp3) is 0.625. The molecule has 0 unspecified atom stereocenters. The van der Waals surface area contributed by atoms with E-state index < -0.39 is 0 Å². The lowest BCUT2D eigenvalue weighted by Gasteiger charge is -1.87. The number of hydrogen-bond donors (Lipinski definition) is 0. The average molecular weight is 158 g/mol. The summed E-state index contributed by atoms with van der Waals surface area (Å²) in [5.41, 5.74) is 0. The topological polar surface area (TPSA) is 17.1 Å². The van der Waals surface area contributed by atoms with Crippen molar-refractivity contribution in [3.05, 3.63) is 11.5 Å². The first kappa shape index (κ1) is 9.76. The number of hydrogen-bond acceptors (Lipinski definition) is 2. The van der Waals surface area contributed by atoms with Crippen LogP contribution in [0, 0.1) is 0 Å². The van der Waals surface area contributed by atoms with E-state index in [1.54, 1.807) is 17.8 Å². The molecule has 0 aromatic heterocycles. The summed E-state index contributed by atoms with van der Waals surface area (Å²) in [6.45, 7) is 4.08. The van der Waals surface area contributed by atoms with Crippen LogP contribution in [0.4, 0.5) is 0 Å². The first-order valence-corrected chi connectivity index (χ1v) is 4.67. The molecule has 0 heterocycles. The molecular formula is C8H14OS. The minimum absolute atomic E-state index is 0.239. The summed E-state index contributed by atoms with van der Waals surface area (Å²) in [7, 11) is 0. The number of thioether (sulfide) groups is 1. The Kier molecular flexibility index (Phi) is 6.71. The van der Waals surface area contributed by atoms with Crippen molar-refractivity contribution in [1.82, 2.24) is 0 Å². The van der Waals surface area contributed by atoms with Gasteiger partial charge in [-0.05, 0) is 23.7 Å². The third-order valence-corrected chi connectivity index (χ3v) is 1.68. The van der Waals surface area contributed by atoms with Gasteiger partial charge in [0.15, 0.2) is 5.78 Å². The van der Waals surface area contributed by atoms with Crippen LogP contribution in [-0.4, -0.2) is 11.5 Å². The molecule has 0 N–H and O–H groups in total. The van der Waals surface area contributed by atoms with E-state index in [1.165, 1.54) is 0 Å². The van der Waals surface area contributed by atoms with Crippen LogP contribution in [0.15, 0.2) is 11.5 Å². The Morgan fingerprint density at radius 3 is 2.70 bits per heavy atom. The molecule has 0 bridgehead atoms. The minimum atomic E-state index is 0.239. The van der Waals surface area contributed by atoms with Crippen molar-refractivity contribution in [3.8, 4) is 0 Å². The first-order chi connectivity index (χ1) is 4.81.